The first kappa shape index (κ1) is 18.3. The van der Waals surface area contributed by atoms with Gasteiger partial charge in [0.2, 0.25) is 0 Å². The maximum atomic E-state index is 11.6. The zero-order valence-corrected chi connectivity index (χ0v) is 12.9. The number of likely N-dealkylation sites (N-methyl/N-ethyl adjacent to an activating group) is 1. The quantitative estimate of drug-likeness (QED) is 0.240. The van der Waals surface area contributed by atoms with Gasteiger partial charge in [0, 0.05) is 12.0 Å². The smallest absolute Gasteiger partial charge is 0.335 e. The van der Waals surface area contributed by atoms with Crippen LogP contribution < -0.4 is 4.89 Å². The van der Waals surface area contributed by atoms with Crippen molar-refractivity contribution >= 4 is 13.8 Å². The van der Waals surface area contributed by atoms with E-state index in [9.17, 15) is 14.3 Å². The van der Waals surface area contributed by atoms with Crippen molar-refractivity contribution < 1.29 is 32.9 Å². The number of rotatable bonds is 7. The third kappa shape index (κ3) is 7.44. The molecule has 1 N–H and O–H groups in total. The Labute approximate surface area is 113 Å². The molecule has 0 aliphatic rings. The number of quaternary nitrogens is 1. The van der Waals surface area contributed by atoms with Crippen molar-refractivity contribution in [2.45, 2.75) is 26.1 Å². The number of carbonyl (C=O) groups excluding carboxylic acids is 1. The Hall–Kier alpha value is -0.720. The summed E-state index contributed by atoms with van der Waals surface area (Å²) in [5.41, 5.74) is 0.113. The molecular weight excluding hydrogens is 273 g/mol. The van der Waals surface area contributed by atoms with E-state index >= 15 is 0 Å². The number of nitrogens with zero attached hydrogens (tertiary/aromatic N) is 1. The van der Waals surface area contributed by atoms with Crippen LogP contribution in [0.25, 0.3) is 0 Å². The number of hydrogen-bond acceptors (Lipinski definition) is 5. The predicted molar refractivity (Wildman–Crippen MR) is 67.7 cm³/mol. The Bertz CT molecular complexity index is 396. The standard InChI is InChI=1S/C11H22NO6P/c1-7-11(8-12(4,5)6,18-19(14,15)16)17-10(13)9(2)3/h2,7-8H2,1,3-6H3,(H-,14,15,16). The van der Waals surface area contributed by atoms with Gasteiger partial charge in [-0.3, -0.25) is 9.09 Å². The first-order chi connectivity index (χ1) is 8.30. The molecule has 0 aromatic heterocycles. The lowest BCUT2D eigenvalue weighted by Crippen LogP contribution is -2.53. The summed E-state index contributed by atoms with van der Waals surface area (Å²) < 4.78 is 21.0. The molecule has 0 fully saturated rings. The van der Waals surface area contributed by atoms with E-state index in [2.05, 4.69) is 11.1 Å². The summed E-state index contributed by atoms with van der Waals surface area (Å²) in [7, 11) is 0.277. The highest BCUT2D eigenvalue weighted by Gasteiger charge is 2.42. The molecule has 0 radical (unpaired) electrons. The molecule has 0 spiro atoms. The largest absolute Gasteiger partial charge is 0.756 e. The summed E-state index contributed by atoms with van der Waals surface area (Å²) >= 11 is 0. The normalized spacial score (nSPS) is 18.3. The third-order valence-corrected chi connectivity index (χ3v) is 2.73. The van der Waals surface area contributed by atoms with Gasteiger partial charge in [-0.05, 0) is 6.92 Å². The Morgan fingerprint density at radius 1 is 1.47 bits per heavy atom. The highest BCUT2D eigenvalue weighted by molar-refractivity contribution is 7.44. The molecule has 0 aliphatic heterocycles. The van der Waals surface area contributed by atoms with Crippen LogP contribution in [0.2, 0.25) is 0 Å². The SMILES string of the molecule is C=C(C)C(=O)OC(CC)(C[N+](C)(C)C)OP(=O)([O-])O. The molecule has 112 valence electrons. The van der Waals surface area contributed by atoms with E-state index in [4.69, 9.17) is 9.63 Å². The van der Waals surface area contributed by atoms with Gasteiger partial charge in [-0.25, -0.2) is 4.79 Å². The molecule has 0 amide bonds. The van der Waals surface area contributed by atoms with Crippen LogP contribution in [0, 0.1) is 0 Å². The van der Waals surface area contributed by atoms with Crippen LogP contribution >= 0.6 is 7.82 Å². The van der Waals surface area contributed by atoms with E-state index in [1.165, 1.54) is 6.92 Å². The lowest BCUT2D eigenvalue weighted by atomic mass is 10.2. The van der Waals surface area contributed by atoms with Crippen molar-refractivity contribution in [2.24, 2.45) is 0 Å². The van der Waals surface area contributed by atoms with Crippen molar-refractivity contribution in [3.63, 3.8) is 0 Å². The number of hydrogen-bond donors (Lipinski definition) is 1. The summed E-state index contributed by atoms with van der Waals surface area (Å²) in [6, 6.07) is 0. The molecule has 0 saturated heterocycles. The average Bonchev–Trinajstić information content (AvgIpc) is 2.11. The second-order valence-corrected chi connectivity index (χ2v) is 6.56. The van der Waals surface area contributed by atoms with E-state index in [0.717, 1.165) is 0 Å². The summed E-state index contributed by atoms with van der Waals surface area (Å²) in [6.45, 7) is 6.50. The van der Waals surface area contributed by atoms with Gasteiger partial charge in [0.05, 0.1) is 21.1 Å². The number of phosphoric ester groups is 1. The van der Waals surface area contributed by atoms with E-state index in [1.807, 2.05) is 0 Å². The fraction of sp³-hybridized carbons (Fsp3) is 0.727. The summed E-state index contributed by atoms with van der Waals surface area (Å²) in [5.74, 6) is -2.52. The molecule has 0 heterocycles. The van der Waals surface area contributed by atoms with Crippen LogP contribution in [0.5, 0.6) is 0 Å². The van der Waals surface area contributed by atoms with Crippen molar-refractivity contribution in [3.8, 4) is 0 Å². The van der Waals surface area contributed by atoms with Crippen LogP contribution in [0.1, 0.15) is 20.3 Å². The fourth-order valence-corrected chi connectivity index (χ4v) is 2.16. The van der Waals surface area contributed by atoms with Gasteiger partial charge in [-0.15, -0.1) is 0 Å². The zero-order valence-electron chi connectivity index (χ0n) is 12.0. The van der Waals surface area contributed by atoms with Crippen molar-refractivity contribution in [1.29, 1.82) is 0 Å². The van der Waals surface area contributed by atoms with E-state index in [1.54, 1.807) is 28.1 Å². The topological polar surface area (TPSA) is 95.9 Å². The number of ether oxygens (including phenoxy) is 1. The maximum Gasteiger partial charge on any atom is 0.335 e. The minimum Gasteiger partial charge on any atom is -0.756 e. The van der Waals surface area contributed by atoms with Crippen LogP contribution in [-0.4, -0.2) is 48.8 Å². The van der Waals surface area contributed by atoms with E-state index in [0.29, 0.717) is 0 Å². The van der Waals surface area contributed by atoms with Gasteiger partial charge < -0.3 is 19.0 Å². The van der Waals surface area contributed by atoms with Crippen LogP contribution in [-0.2, 0) is 18.6 Å². The Morgan fingerprint density at radius 2 is 1.95 bits per heavy atom. The molecule has 0 aliphatic carbocycles. The lowest BCUT2D eigenvalue weighted by molar-refractivity contribution is -0.880. The highest BCUT2D eigenvalue weighted by Crippen LogP contribution is 2.40. The van der Waals surface area contributed by atoms with Crippen molar-refractivity contribution in [1.82, 2.24) is 0 Å². The monoisotopic (exact) mass is 295 g/mol. The molecular formula is C11H22NO6P. The summed E-state index contributed by atoms with van der Waals surface area (Å²) in [6.07, 6.45) is 0.0638. The summed E-state index contributed by atoms with van der Waals surface area (Å²) in [4.78, 5) is 31.5. The molecule has 0 aromatic carbocycles. The molecule has 2 atom stereocenters. The zero-order chi connectivity index (χ0) is 15.5. The first-order valence-electron chi connectivity index (χ1n) is 5.74. The fourth-order valence-electron chi connectivity index (χ4n) is 1.52. The first-order valence-corrected chi connectivity index (χ1v) is 7.24. The molecule has 0 rings (SSSR count). The molecule has 0 bridgehead atoms. The highest BCUT2D eigenvalue weighted by atomic mass is 31.2. The molecule has 7 nitrogen and oxygen atoms in total. The number of phosphoric acid groups is 1. The summed E-state index contributed by atoms with van der Waals surface area (Å²) in [5, 5.41) is 0. The van der Waals surface area contributed by atoms with Gasteiger partial charge in [-0.1, -0.05) is 13.5 Å². The minimum absolute atomic E-state index is 0.0509. The van der Waals surface area contributed by atoms with Crippen LogP contribution in [0.15, 0.2) is 12.2 Å². The number of esters is 1. The van der Waals surface area contributed by atoms with Gasteiger partial charge in [0.15, 0.2) is 0 Å². The van der Waals surface area contributed by atoms with Gasteiger partial charge in [0.1, 0.15) is 6.54 Å². The van der Waals surface area contributed by atoms with Crippen molar-refractivity contribution in [3.05, 3.63) is 12.2 Å². The minimum atomic E-state index is -5.04. The lowest BCUT2D eigenvalue weighted by Gasteiger charge is -2.39. The second-order valence-electron chi connectivity index (χ2n) is 5.44. The molecule has 0 saturated carbocycles. The average molecular weight is 295 g/mol. The van der Waals surface area contributed by atoms with Gasteiger partial charge in [-0.2, -0.15) is 0 Å². The van der Waals surface area contributed by atoms with E-state index in [-0.39, 0.29) is 23.0 Å². The molecule has 8 heteroatoms. The van der Waals surface area contributed by atoms with Crippen LogP contribution in [0.3, 0.4) is 0 Å². The third-order valence-electron chi connectivity index (χ3n) is 2.16. The Balaban J connectivity index is 5.35. The van der Waals surface area contributed by atoms with Gasteiger partial charge >= 0.3 is 5.97 Å². The van der Waals surface area contributed by atoms with Gasteiger partial charge in [0.25, 0.3) is 13.6 Å². The molecule has 2 unspecified atom stereocenters. The molecule has 0 aromatic rings. The van der Waals surface area contributed by atoms with E-state index < -0.39 is 19.6 Å². The maximum absolute atomic E-state index is 11.6. The molecule has 19 heavy (non-hydrogen) atoms. The van der Waals surface area contributed by atoms with Crippen LogP contribution in [0.4, 0.5) is 0 Å². The second kappa shape index (κ2) is 6.15. The Kier molecular flexibility index (Phi) is 5.92. The predicted octanol–water partition coefficient (Wildman–Crippen LogP) is 0.396. The van der Waals surface area contributed by atoms with Crippen molar-refractivity contribution in [2.75, 3.05) is 27.7 Å². The Morgan fingerprint density at radius 3 is 2.21 bits per heavy atom. The number of carbonyl (C=O) groups is 1.